The van der Waals surface area contributed by atoms with Gasteiger partial charge in [-0.25, -0.2) is 13.2 Å². The van der Waals surface area contributed by atoms with Crippen LogP contribution in [-0.4, -0.2) is 7.05 Å². The lowest BCUT2D eigenvalue weighted by Crippen LogP contribution is -2.20. The minimum Gasteiger partial charge on any atom is -0.313 e. The van der Waals surface area contributed by atoms with Gasteiger partial charge < -0.3 is 5.32 Å². The first-order valence-electron chi connectivity index (χ1n) is 6.18. The van der Waals surface area contributed by atoms with Gasteiger partial charge in [0.05, 0.1) is 5.02 Å². The summed E-state index contributed by atoms with van der Waals surface area (Å²) in [5, 5.41) is 2.86. The molecule has 0 aliphatic rings. The maximum absolute atomic E-state index is 14.0. The maximum Gasteiger partial charge on any atom is 0.142 e. The van der Waals surface area contributed by atoms with E-state index >= 15 is 0 Å². The SMILES string of the molecule is CNC(Cc1ccc(F)cc1Cl)c1cc(F)c(Cl)cc1F. The van der Waals surface area contributed by atoms with E-state index < -0.39 is 23.5 Å². The molecule has 0 saturated heterocycles. The van der Waals surface area contributed by atoms with Crippen molar-refractivity contribution in [2.24, 2.45) is 0 Å². The zero-order valence-corrected chi connectivity index (χ0v) is 12.6. The molecule has 0 aliphatic heterocycles. The quantitative estimate of drug-likeness (QED) is 0.783. The Bertz CT molecular complexity index is 662. The molecule has 112 valence electrons. The van der Waals surface area contributed by atoms with Crippen LogP contribution < -0.4 is 5.32 Å². The summed E-state index contributed by atoms with van der Waals surface area (Å²) in [4.78, 5) is 0. The molecule has 1 nitrogen and oxygen atoms in total. The second-order valence-electron chi connectivity index (χ2n) is 4.57. The summed E-state index contributed by atoms with van der Waals surface area (Å²) >= 11 is 11.5. The van der Waals surface area contributed by atoms with Crippen LogP contribution in [0.1, 0.15) is 17.2 Å². The summed E-state index contributed by atoms with van der Waals surface area (Å²) in [5.74, 6) is -1.76. The molecular weight excluding hydrogens is 322 g/mol. The fraction of sp³-hybridized carbons (Fsp3) is 0.200. The Balaban J connectivity index is 2.34. The number of benzene rings is 2. The minimum absolute atomic E-state index is 0.139. The van der Waals surface area contributed by atoms with Gasteiger partial charge in [0.25, 0.3) is 0 Å². The first-order valence-corrected chi connectivity index (χ1v) is 6.93. The summed E-state index contributed by atoms with van der Waals surface area (Å²) in [6.07, 6.45) is 0.285. The number of hydrogen-bond acceptors (Lipinski definition) is 1. The Morgan fingerprint density at radius 1 is 1.00 bits per heavy atom. The van der Waals surface area contributed by atoms with Crippen molar-refractivity contribution < 1.29 is 13.2 Å². The lowest BCUT2D eigenvalue weighted by atomic mass is 9.98. The van der Waals surface area contributed by atoms with E-state index in [1.165, 1.54) is 18.2 Å². The number of hydrogen-bond donors (Lipinski definition) is 1. The van der Waals surface area contributed by atoms with Gasteiger partial charge in [-0.3, -0.25) is 0 Å². The molecule has 2 aromatic carbocycles. The molecule has 0 bridgehead atoms. The van der Waals surface area contributed by atoms with Gasteiger partial charge in [0, 0.05) is 16.6 Å². The maximum atomic E-state index is 14.0. The highest BCUT2D eigenvalue weighted by molar-refractivity contribution is 6.31. The first-order chi connectivity index (χ1) is 9.92. The molecule has 0 fully saturated rings. The van der Waals surface area contributed by atoms with Crippen molar-refractivity contribution in [2.75, 3.05) is 7.05 Å². The Labute approximate surface area is 130 Å². The molecule has 1 unspecified atom stereocenters. The van der Waals surface area contributed by atoms with E-state index in [4.69, 9.17) is 23.2 Å². The van der Waals surface area contributed by atoms with Gasteiger partial charge in [0.2, 0.25) is 0 Å². The number of likely N-dealkylation sites (N-methyl/N-ethyl adjacent to an activating group) is 1. The molecule has 6 heteroatoms. The number of halogens is 5. The fourth-order valence-electron chi connectivity index (χ4n) is 2.08. The van der Waals surface area contributed by atoms with Gasteiger partial charge in [-0.05, 0) is 43.3 Å². The van der Waals surface area contributed by atoms with Crippen molar-refractivity contribution in [1.29, 1.82) is 0 Å². The molecule has 2 rings (SSSR count). The van der Waals surface area contributed by atoms with Crippen molar-refractivity contribution in [3.05, 3.63) is 69.0 Å². The summed E-state index contributed by atoms with van der Waals surface area (Å²) < 4.78 is 40.5. The van der Waals surface area contributed by atoms with Crippen LogP contribution >= 0.6 is 23.2 Å². The molecule has 0 aromatic heterocycles. The van der Waals surface area contributed by atoms with E-state index in [9.17, 15) is 13.2 Å². The van der Waals surface area contributed by atoms with Gasteiger partial charge >= 0.3 is 0 Å². The largest absolute Gasteiger partial charge is 0.313 e. The molecule has 0 spiro atoms. The molecule has 2 aromatic rings. The number of nitrogens with one attached hydrogen (secondary N) is 1. The van der Waals surface area contributed by atoms with Crippen LogP contribution in [0.3, 0.4) is 0 Å². The summed E-state index contributed by atoms with van der Waals surface area (Å²) in [6.45, 7) is 0. The summed E-state index contributed by atoms with van der Waals surface area (Å²) in [7, 11) is 1.62. The zero-order valence-electron chi connectivity index (χ0n) is 11.1. The average molecular weight is 334 g/mol. The highest BCUT2D eigenvalue weighted by Crippen LogP contribution is 2.28. The third-order valence-electron chi connectivity index (χ3n) is 3.20. The molecule has 1 N–H and O–H groups in total. The second kappa shape index (κ2) is 6.69. The van der Waals surface area contributed by atoms with Gasteiger partial charge in [-0.2, -0.15) is 0 Å². The van der Waals surface area contributed by atoms with Crippen LogP contribution in [0.4, 0.5) is 13.2 Å². The standard InChI is InChI=1S/C15H12Cl2F3N/c1-21-15(4-8-2-3-9(18)5-11(8)16)10-6-14(20)12(17)7-13(10)19/h2-3,5-7,15,21H,4H2,1H3. The monoisotopic (exact) mass is 333 g/mol. The highest BCUT2D eigenvalue weighted by atomic mass is 35.5. The zero-order chi connectivity index (χ0) is 15.6. The highest BCUT2D eigenvalue weighted by Gasteiger charge is 2.18. The third kappa shape index (κ3) is 3.70. The molecular formula is C15H12Cl2F3N. The molecule has 0 amide bonds. The normalized spacial score (nSPS) is 12.5. The van der Waals surface area contributed by atoms with Crippen LogP contribution in [0.2, 0.25) is 10.0 Å². The Morgan fingerprint density at radius 3 is 2.33 bits per heavy atom. The minimum atomic E-state index is -0.696. The lowest BCUT2D eigenvalue weighted by Gasteiger charge is -2.18. The van der Waals surface area contributed by atoms with E-state index in [0.717, 1.165) is 12.1 Å². The average Bonchev–Trinajstić information content (AvgIpc) is 2.43. The molecule has 0 heterocycles. The van der Waals surface area contributed by atoms with Gasteiger partial charge in [0.15, 0.2) is 0 Å². The van der Waals surface area contributed by atoms with Crippen LogP contribution in [-0.2, 0) is 6.42 Å². The van der Waals surface area contributed by atoms with E-state index in [1.54, 1.807) is 7.05 Å². The van der Waals surface area contributed by atoms with Crippen molar-refractivity contribution in [2.45, 2.75) is 12.5 Å². The van der Waals surface area contributed by atoms with E-state index in [1.807, 2.05) is 0 Å². The number of rotatable bonds is 4. The fourth-order valence-corrected chi connectivity index (χ4v) is 2.47. The van der Waals surface area contributed by atoms with Gasteiger partial charge in [-0.1, -0.05) is 29.3 Å². The van der Waals surface area contributed by atoms with E-state index in [-0.39, 0.29) is 22.0 Å². The van der Waals surface area contributed by atoms with Crippen molar-refractivity contribution in [3.63, 3.8) is 0 Å². The Kier molecular flexibility index (Phi) is 5.14. The molecule has 21 heavy (non-hydrogen) atoms. The van der Waals surface area contributed by atoms with Crippen molar-refractivity contribution >= 4 is 23.2 Å². The van der Waals surface area contributed by atoms with Gasteiger partial charge in [-0.15, -0.1) is 0 Å². The van der Waals surface area contributed by atoms with E-state index in [0.29, 0.717) is 5.56 Å². The Hall–Kier alpha value is -1.23. The first kappa shape index (κ1) is 16.1. The molecule has 0 aliphatic carbocycles. The topological polar surface area (TPSA) is 12.0 Å². The van der Waals surface area contributed by atoms with E-state index in [2.05, 4.69) is 5.32 Å². The predicted molar refractivity (Wildman–Crippen MR) is 78.3 cm³/mol. The summed E-state index contributed by atoms with van der Waals surface area (Å²) in [6, 6.07) is 5.44. The smallest absolute Gasteiger partial charge is 0.142 e. The summed E-state index contributed by atoms with van der Waals surface area (Å²) in [5.41, 5.74) is 0.770. The van der Waals surface area contributed by atoms with Crippen LogP contribution in [0.25, 0.3) is 0 Å². The molecule has 0 saturated carbocycles. The predicted octanol–water partition coefficient (Wildman–Crippen LogP) is 4.91. The molecule has 0 radical (unpaired) electrons. The van der Waals surface area contributed by atoms with Crippen molar-refractivity contribution in [1.82, 2.24) is 5.32 Å². The van der Waals surface area contributed by atoms with Gasteiger partial charge in [0.1, 0.15) is 17.5 Å². The third-order valence-corrected chi connectivity index (χ3v) is 3.84. The van der Waals surface area contributed by atoms with Crippen molar-refractivity contribution in [3.8, 4) is 0 Å². The molecule has 1 atom stereocenters. The van der Waals surface area contributed by atoms with Crippen LogP contribution in [0, 0.1) is 17.5 Å². The van der Waals surface area contributed by atoms with Crippen LogP contribution in [0.15, 0.2) is 30.3 Å². The second-order valence-corrected chi connectivity index (χ2v) is 5.38. The van der Waals surface area contributed by atoms with Crippen LogP contribution in [0.5, 0.6) is 0 Å². The Morgan fingerprint density at radius 2 is 1.71 bits per heavy atom. The lowest BCUT2D eigenvalue weighted by molar-refractivity contribution is 0.522.